The van der Waals surface area contributed by atoms with Crippen molar-refractivity contribution in [2.75, 3.05) is 31.2 Å². The van der Waals surface area contributed by atoms with Crippen molar-refractivity contribution in [1.82, 2.24) is 10.2 Å². The molecule has 2 aromatic rings. The molecule has 0 spiro atoms. The first-order chi connectivity index (χ1) is 17.0. The van der Waals surface area contributed by atoms with Gasteiger partial charge in [-0.25, -0.2) is 4.79 Å². The highest BCUT2D eigenvalue weighted by Crippen LogP contribution is 2.44. The first kappa shape index (κ1) is 25.1. The van der Waals surface area contributed by atoms with E-state index in [2.05, 4.69) is 29.6 Å². The average molecular weight is 497 g/mol. The lowest BCUT2D eigenvalue weighted by atomic mass is 9.98. The van der Waals surface area contributed by atoms with Crippen molar-refractivity contribution < 1.29 is 24.2 Å². The molecule has 2 amide bonds. The van der Waals surface area contributed by atoms with E-state index in [1.165, 1.54) is 34.0 Å². The predicted octanol–water partition coefficient (Wildman–Crippen LogP) is 4.50. The van der Waals surface area contributed by atoms with E-state index < -0.39 is 12.1 Å². The molecule has 0 saturated carbocycles. The standard InChI is InChI=1S/C27H32N2O5S/c30-25(29-15-6-5-7-19(29)12-13-26(31)32)18-35-16-14-28-27(33)34-17-24-22-10-3-1-8-20(22)21-9-2-4-11-23(21)24/h1-4,8-11,19,24H,5-7,12-18H2,(H,28,33)(H,31,32). The lowest BCUT2D eigenvalue weighted by molar-refractivity contribution is -0.139. The SMILES string of the molecule is O=C(O)CCC1CCCCN1C(=O)CSCCNC(=O)OCC1c2ccccc2-c2ccccc21. The zero-order valence-electron chi connectivity index (χ0n) is 19.8. The second-order valence-electron chi connectivity index (χ2n) is 8.97. The Bertz CT molecular complexity index is 1010. The van der Waals surface area contributed by atoms with Gasteiger partial charge in [-0.2, -0.15) is 11.8 Å². The fraction of sp³-hybridized carbons (Fsp3) is 0.444. The zero-order chi connectivity index (χ0) is 24.6. The van der Waals surface area contributed by atoms with E-state index in [0.29, 0.717) is 31.0 Å². The highest BCUT2D eigenvalue weighted by molar-refractivity contribution is 7.99. The largest absolute Gasteiger partial charge is 0.481 e. The number of rotatable bonds is 10. The van der Waals surface area contributed by atoms with Crippen LogP contribution in [-0.2, 0) is 14.3 Å². The molecule has 1 unspecified atom stereocenters. The minimum Gasteiger partial charge on any atom is -0.481 e. The van der Waals surface area contributed by atoms with Crippen LogP contribution in [-0.4, -0.2) is 65.2 Å². The maximum Gasteiger partial charge on any atom is 0.407 e. The molecule has 1 atom stereocenters. The number of nitrogens with zero attached hydrogens (tertiary/aromatic N) is 1. The Labute approximate surface area is 210 Å². The summed E-state index contributed by atoms with van der Waals surface area (Å²) in [5.41, 5.74) is 4.74. The maximum atomic E-state index is 12.6. The molecule has 1 aliphatic heterocycles. The third-order valence-corrected chi connectivity index (χ3v) is 7.67. The molecule has 186 valence electrons. The molecule has 2 N–H and O–H groups in total. The van der Waals surface area contributed by atoms with E-state index in [0.717, 1.165) is 19.3 Å². The van der Waals surface area contributed by atoms with Gasteiger partial charge in [0.05, 0.1) is 5.75 Å². The van der Waals surface area contributed by atoms with Gasteiger partial charge in [-0.05, 0) is 47.9 Å². The molecule has 1 heterocycles. The van der Waals surface area contributed by atoms with Crippen LogP contribution in [0.5, 0.6) is 0 Å². The van der Waals surface area contributed by atoms with Crippen molar-refractivity contribution in [2.24, 2.45) is 0 Å². The van der Waals surface area contributed by atoms with Crippen molar-refractivity contribution in [3.05, 3.63) is 59.7 Å². The Morgan fingerprint density at radius 2 is 1.71 bits per heavy atom. The summed E-state index contributed by atoms with van der Waals surface area (Å²) < 4.78 is 5.54. The van der Waals surface area contributed by atoms with E-state index in [-0.39, 0.29) is 30.9 Å². The number of benzene rings is 2. The summed E-state index contributed by atoms with van der Waals surface area (Å²) >= 11 is 1.47. The molecule has 0 bridgehead atoms. The van der Waals surface area contributed by atoms with Crippen molar-refractivity contribution in [2.45, 2.75) is 44.1 Å². The van der Waals surface area contributed by atoms with E-state index >= 15 is 0 Å². The van der Waals surface area contributed by atoms with Crippen LogP contribution in [0.4, 0.5) is 4.79 Å². The Balaban J connectivity index is 1.17. The topological polar surface area (TPSA) is 95.9 Å². The molecule has 0 aromatic heterocycles. The number of fused-ring (bicyclic) bond motifs is 3. The van der Waals surface area contributed by atoms with Crippen LogP contribution in [0, 0.1) is 0 Å². The molecule has 7 nitrogen and oxygen atoms in total. The number of alkyl carbamates (subject to hydrolysis) is 1. The van der Waals surface area contributed by atoms with Gasteiger partial charge >= 0.3 is 12.1 Å². The molecule has 2 aromatic carbocycles. The van der Waals surface area contributed by atoms with Gasteiger partial charge in [-0.3, -0.25) is 9.59 Å². The quantitative estimate of drug-likeness (QED) is 0.470. The number of carboxylic acids is 1. The maximum absolute atomic E-state index is 12.6. The van der Waals surface area contributed by atoms with Gasteiger partial charge in [0.2, 0.25) is 5.91 Å². The Morgan fingerprint density at radius 3 is 2.40 bits per heavy atom. The summed E-state index contributed by atoms with van der Waals surface area (Å²) in [6, 6.07) is 16.5. The number of likely N-dealkylation sites (tertiary alicyclic amines) is 1. The fourth-order valence-electron chi connectivity index (χ4n) is 5.04. The van der Waals surface area contributed by atoms with E-state index in [4.69, 9.17) is 9.84 Å². The molecule has 1 saturated heterocycles. The lowest BCUT2D eigenvalue weighted by Crippen LogP contribution is -2.44. The second kappa shape index (κ2) is 12.1. The lowest BCUT2D eigenvalue weighted by Gasteiger charge is -2.35. The van der Waals surface area contributed by atoms with E-state index in [9.17, 15) is 14.4 Å². The summed E-state index contributed by atoms with van der Waals surface area (Å²) in [6.45, 7) is 1.39. The van der Waals surface area contributed by atoms with Crippen LogP contribution in [0.1, 0.15) is 49.1 Å². The van der Waals surface area contributed by atoms with Gasteiger partial charge in [-0.1, -0.05) is 48.5 Å². The first-order valence-electron chi connectivity index (χ1n) is 12.2. The first-order valence-corrected chi connectivity index (χ1v) is 13.4. The molecule has 1 aliphatic carbocycles. The van der Waals surface area contributed by atoms with Crippen LogP contribution in [0.25, 0.3) is 11.1 Å². The summed E-state index contributed by atoms with van der Waals surface area (Å²) in [7, 11) is 0. The second-order valence-corrected chi connectivity index (χ2v) is 10.1. The Morgan fingerprint density at radius 1 is 1.03 bits per heavy atom. The number of nitrogens with one attached hydrogen (secondary N) is 1. The molecular formula is C27H32N2O5S. The van der Waals surface area contributed by atoms with Crippen LogP contribution >= 0.6 is 11.8 Å². The third kappa shape index (κ3) is 6.36. The zero-order valence-corrected chi connectivity index (χ0v) is 20.6. The minimum atomic E-state index is -0.823. The number of carbonyl (C=O) groups is 3. The average Bonchev–Trinajstić information content (AvgIpc) is 3.19. The van der Waals surface area contributed by atoms with E-state index in [1.54, 1.807) is 0 Å². The van der Waals surface area contributed by atoms with Crippen LogP contribution in [0.3, 0.4) is 0 Å². The number of hydrogen-bond donors (Lipinski definition) is 2. The third-order valence-electron chi connectivity index (χ3n) is 6.72. The number of ether oxygens (including phenoxy) is 1. The van der Waals surface area contributed by atoms with E-state index in [1.807, 2.05) is 29.2 Å². The number of piperidine rings is 1. The number of thioether (sulfide) groups is 1. The van der Waals surface area contributed by atoms with Crippen LogP contribution in [0.15, 0.2) is 48.5 Å². The molecule has 1 fully saturated rings. The summed E-state index contributed by atoms with van der Waals surface area (Å²) in [5.74, 6) is 0.182. The van der Waals surface area contributed by atoms with Gasteiger partial charge in [-0.15, -0.1) is 0 Å². The highest BCUT2D eigenvalue weighted by atomic mass is 32.2. The number of carboxylic acid groups (broad SMARTS) is 1. The summed E-state index contributed by atoms with van der Waals surface area (Å²) in [5, 5.41) is 11.7. The monoisotopic (exact) mass is 496 g/mol. The predicted molar refractivity (Wildman–Crippen MR) is 137 cm³/mol. The molecular weight excluding hydrogens is 464 g/mol. The normalized spacial score (nSPS) is 16.9. The number of hydrogen-bond acceptors (Lipinski definition) is 5. The molecule has 8 heteroatoms. The highest BCUT2D eigenvalue weighted by Gasteiger charge is 2.29. The number of amides is 2. The summed E-state index contributed by atoms with van der Waals surface area (Å²) in [4.78, 5) is 37.7. The van der Waals surface area contributed by atoms with Crippen LogP contribution in [0.2, 0.25) is 0 Å². The van der Waals surface area contributed by atoms with Gasteiger partial charge < -0.3 is 20.1 Å². The summed E-state index contributed by atoms with van der Waals surface area (Å²) in [6.07, 6.45) is 3.01. The number of aliphatic carboxylic acids is 1. The molecule has 4 rings (SSSR count). The van der Waals surface area contributed by atoms with Crippen molar-refractivity contribution >= 4 is 29.7 Å². The minimum absolute atomic E-state index is 0.0203. The fourth-order valence-corrected chi connectivity index (χ4v) is 5.77. The van der Waals surface area contributed by atoms with Gasteiger partial charge in [0, 0.05) is 37.2 Å². The van der Waals surface area contributed by atoms with Crippen LogP contribution < -0.4 is 5.32 Å². The smallest absolute Gasteiger partial charge is 0.407 e. The molecule has 2 aliphatic rings. The van der Waals surface area contributed by atoms with Gasteiger partial charge in [0.1, 0.15) is 6.61 Å². The molecule has 35 heavy (non-hydrogen) atoms. The van der Waals surface area contributed by atoms with Crippen molar-refractivity contribution in [1.29, 1.82) is 0 Å². The van der Waals surface area contributed by atoms with Gasteiger partial charge in [0.15, 0.2) is 0 Å². The van der Waals surface area contributed by atoms with Gasteiger partial charge in [0.25, 0.3) is 0 Å². The van der Waals surface area contributed by atoms with Crippen molar-refractivity contribution in [3.63, 3.8) is 0 Å². The molecule has 0 radical (unpaired) electrons. The Hall–Kier alpha value is -3.00. The Kier molecular flexibility index (Phi) is 8.69. The number of carbonyl (C=O) groups excluding carboxylic acids is 2. The van der Waals surface area contributed by atoms with Crippen molar-refractivity contribution in [3.8, 4) is 11.1 Å².